The Balaban J connectivity index is 0.000000193. The zero-order valence-corrected chi connectivity index (χ0v) is 28.5. The third kappa shape index (κ3) is 5.66. The molecule has 0 saturated heterocycles. The van der Waals surface area contributed by atoms with Crippen molar-refractivity contribution >= 4 is 75.9 Å². The van der Waals surface area contributed by atoms with Crippen molar-refractivity contribution in [1.82, 2.24) is 9.97 Å². The van der Waals surface area contributed by atoms with Gasteiger partial charge >= 0.3 is 0 Å². The molecule has 4 heterocycles. The Morgan fingerprint density at radius 2 is 1.27 bits per heavy atom. The molecule has 0 N–H and O–H groups in total. The third-order valence-electron chi connectivity index (χ3n) is 8.91. The van der Waals surface area contributed by atoms with E-state index in [1.807, 2.05) is 30.5 Å². The Kier molecular flexibility index (Phi) is 7.10. The maximum atomic E-state index is 7.23. The van der Waals surface area contributed by atoms with E-state index >= 15 is 0 Å². The molecule has 10 bridgehead atoms. The van der Waals surface area contributed by atoms with Crippen LogP contribution in [0.5, 0.6) is 0 Å². The minimum atomic E-state index is -2.09. The first kappa shape index (κ1) is 27.3. The van der Waals surface area contributed by atoms with Crippen molar-refractivity contribution in [3.8, 4) is 11.3 Å². The second-order valence-electron chi connectivity index (χ2n) is 11.9. The van der Waals surface area contributed by atoms with E-state index in [1.54, 1.807) is 18.2 Å². The van der Waals surface area contributed by atoms with Gasteiger partial charge in [0, 0.05) is 47.4 Å². The van der Waals surface area contributed by atoms with Crippen LogP contribution in [0.2, 0.25) is 0 Å². The molecule has 235 valence electrons. The van der Waals surface area contributed by atoms with Crippen molar-refractivity contribution in [3.05, 3.63) is 170 Å². The first-order chi connectivity index (χ1) is 24.9. The van der Waals surface area contributed by atoms with Crippen LogP contribution in [0.15, 0.2) is 156 Å². The molecule has 10 rings (SSSR count). The van der Waals surface area contributed by atoms with Crippen molar-refractivity contribution in [1.29, 1.82) is 0 Å². The molecule has 0 fully saturated rings. The third-order valence-corrected chi connectivity index (χ3v) is 8.91. The number of nitrogens with zero attached hydrogens (tertiary/aromatic N) is 2. The maximum absolute atomic E-state index is 7.23. The number of aryl methyl sites for hydroxylation is 1. The molecule has 0 spiro atoms. The van der Waals surface area contributed by atoms with Gasteiger partial charge in [-0.15, -0.1) is 54.1 Å². The smallest absolute Gasteiger partial charge is 0.128 e. The van der Waals surface area contributed by atoms with Gasteiger partial charge in [0.15, 0.2) is 0 Å². The van der Waals surface area contributed by atoms with Gasteiger partial charge in [0.1, 0.15) is 5.58 Å². The number of fused-ring (bicyclic) bond motifs is 12. The van der Waals surface area contributed by atoms with E-state index in [4.69, 9.17) is 13.5 Å². The van der Waals surface area contributed by atoms with Crippen molar-refractivity contribution in [2.24, 2.45) is 0 Å². The summed E-state index contributed by atoms with van der Waals surface area (Å²) < 4.78 is 28.3. The quantitative estimate of drug-likeness (QED) is 0.155. The predicted molar refractivity (Wildman–Crippen MR) is 200 cm³/mol. The van der Waals surface area contributed by atoms with Crippen LogP contribution >= 0.6 is 0 Å². The van der Waals surface area contributed by atoms with Crippen LogP contribution in [-0.4, -0.2) is 9.97 Å². The zero-order chi connectivity index (χ0) is 34.5. The molecule has 0 unspecified atom stereocenters. The van der Waals surface area contributed by atoms with Gasteiger partial charge in [-0.3, -0.25) is 0 Å². The molecule has 10 aromatic rings. The minimum absolute atomic E-state index is 0. The summed E-state index contributed by atoms with van der Waals surface area (Å²) in [6, 6.07) is 53.9. The van der Waals surface area contributed by atoms with E-state index in [0.717, 1.165) is 65.6 Å². The normalized spacial score (nSPS) is 12.4. The van der Waals surface area contributed by atoms with Crippen molar-refractivity contribution in [2.45, 2.75) is 6.85 Å². The van der Waals surface area contributed by atoms with Gasteiger partial charge in [-0.25, -0.2) is 0 Å². The molecule has 6 aromatic carbocycles. The number of hydrogen-bond donors (Lipinski definition) is 0. The van der Waals surface area contributed by atoms with E-state index in [1.165, 1.54) is 27.7 Å². The van der Waals surface area contributed by atoms with E-state index in [9.17, 15) is 0 Å². The molecule has 0 amide bonds. The van der Waals surface area contributed by atoms with Gasteiger partial charge in [-0.2, -0.15) is 0 Å². The summed E-state index contributed by atoms with van der Waals surface area (Å²) in [5.74, 6) is 0. The molecule has 4 heteroatoms. The first-order valence-electron chi connectivity index (χ1n) is 17.3. The maximum Gasteiger partial charge on any atom is 0.128 e. The number of hydrogen-bond acceptors (Lipinski definition) is 3. The van der Waals surface area contributed by atoms with Crippen LogP contribution in [0.3, 0.4) is 0 Å². The Bertz CT molecular complexity index is 2940. The Labute approximate surface area is 301 Å². The van der Waals surface area contributed by atoms with E-state index < -0.39 is 6.85 Å². The van der Waals surface area contributed by atoms with Crippen LogP contribution in [-0.2, 0) is 20.1 Å². The Morgan fingerprint density at radius 3 is 1.98 bits per heavy atom. The molecule has 4 aromatic heterocycles. The number of benzene rings is 6. The summed E-state index contributed by atoms with van der Waals surface area (Å²) in [6.07, 6.45) is 3.27. The standard InChI is InChI=1S/C33H18NO.C12H10N.Ir/c1-4-21-16-23(6-1)25-11-10-20-12-13-28-27-8-3-9-29(32(27)35-33(28)30(20)18-25)31-19-26(14-15-34-31)24-7-2-5-22(21)17-24;1-10-7-8-12(13-9-10)11-5-3-2-4-6-11;/h1-8,10-19H;2-5,7-9H,1H3;/q2*-1;/i;1D3;. The number of rotatable bonds is 1. The number of furan rings is 1. The summed E-state index contributed by atoms with van der Waals surface area (Å²) in [4.78, 5) is 8.84. The molecule has 3 nitrogen and oxygen atoms in total. The largest absolute Gasteiger partial charge is 0.500 e. The van der Waals surface area contributed by atoms with Gasteiger partial charge < -0.3 is 14.4 Å². The van der Waals surface area contributed by atoms with Crippen molar-refractivity contribution in [3.63, 3.8) is 0 Å². The van der Waals surface area contributed by atoms with E-state index in [-0.39, 0.29) is 25.7 Å². The second-order valence-corrected chi connectivity index (χ2v) is 11.9. The summed E-state index contributed by atoms with van der Waals surface area (Å²) in [5, 5.41) is 12.4. The van der Waals surface area contributed by atoms with E-state index in [0.29, 0.717) is 0 Å². The molecule has 0 aliphatic rings. The number of aromatic nitrogens is 2. The monoisotopic (exact) mass is 808 g/mol. The Hall–Kier alpha value is -5.67. The second kappa shape index (κ2) is 12.7. The summed E-state index contributed by atoms with van der Waals surface area (Å²) in [5.41, 5.74) is 4.44. The van der Waals surface area contributed by atoms with Gasteiger partial charge in [-0.1, -0.05) is 89.6 Å². The van der Waals surface area contributed by atoms with Gasteiger partial charge in [0.25, 0.3) is 0 Å². The first-order valence-corrected chi connectivity index (χ1v) is 15.8. The molecular weight excluding hydrogens is 777 g/mol. The van der Waals surface area contributed by atoms with Crippen LogP contribution in [0.4, 0.5) is 0 Å². The fourth-order valence-electron chi connectivity index (χ4n) is 6.50. The van der Waals surface area contributed by atoms with Gasteiger partial charge in [0.2, 0.25) is 0 Å². The average Bonchev–Trinajstić information content (AvgIpc) is 3.58. The molecule has 0 aliphatic heterocycles. The fraction of sp³-hybridized carbons (Fsp3) is 0.0222. The van der Waals surface area contributed by atoms with Crippen molar-refractivity contribution in [2.75, 3.05) is 0 Å². The molecule has 1 radical (unpaired) electrons. The number of pyridine rings is 2. The fourth-order valence-corrected chi connectivity index (χ4v) is 6.50. The van der Waals surface area contributed by atoms with Gasteiger partial charge in [-0.05, 0) is 85.6 Å². The van der Waals surface area contributed by atoms with E-state index in [2.05, 4.69) is 114 Å². The summed E-state index contributed by atoms with van der Waals surface area (Å²) in [7, 11) is 0. The SMILES string of the molecule is [2H]C([2H])([2H])c1ccc(-c2[c-]cccc2)nc1.[Ir].[c-]1ccc2c3ccc4ccc5cc4c3oc2c1c1cc(ccn1)c1cccc(c1)c1cccc5c1. The van der Waals surface area contributed by atoms with Gasteiger partial charge in [0.05, 0.1) is 5.58 Å². The van der Waals surface area contributed by atoms with Crippen LogP contribution in [0.25, 0.3) is 87.2 Å². The average molecular weight is 808 g/mol. The molecular formula is C45H28IrN2O-2. The molecule has 0 saturated carbocycles. The van der Waals surface area contributed by atoms with Crippen LogP contribution in [0, 0.1) is 19.0 Å². The van der Waals surface area contributed by atoms with Crippen molar-refractivity contribution < 1.29 is 28.6 Å². The zero-order valence-electron chi connectivity index (χ0n) is 29.1. The minimum Gasteiger partial charge on any atom is -0.500 e. The Morgan fingerprint density at radius 1 is 0.551 bits per heavy atom. The topological polar surface area (TPSA) is 38.9 Å². The molecule has 0 aliphatic carbocycles. The summed E-state index contributed by atoms with van der Waals surface area (Å²) in [6.45, 7) is -2.09. The predicted octanol–water partition coefficient (Wildman–Crippen LogP) is 12.0. The van der Waals surface area contributed by atoms with Crippen LogP contribution < -0.4 is 0 Å². The molecule has 0 atom stereocenters. The summed E-state index contributed by atoms with van der Waals surface area (Å²) >= 11 is 0. The molecule has 49 heavy (non-hydrogen) atoms. The van der Waals surface area contributed by atoms with Crippen LogP contribution in [0.1, 0.15) is 9.68 Å².